The average Bonchev–Trinajstić information content (AvgIpc) is 2.75. The normalized spacial score (nSPS) is 15.5. The number of nitrogens with two attached hydrogens (primary N) is 2. The van der Waals surface area contributed by atoms with Crippen molar-refractivity contribution in [2.24, 2.45) is 28.5 Å². The van der Waals surface area contributed by atoms with Crippen LogP contribution in [0.3, 0.4) is 0 Å². The fourth-order valence-corrected chi connectivity index (χ4v) is 3.55. The van der Waals surface area contributed by atoms with E-state index in [0.29, 0.717) is 36.4 Å². The molecule has 1 aliphatic heterocycles. The topological polar surface area (TPSA) is 153 Å². The second-order valence-corrected chi connectivity index (χ2v) is 7.18. The Labute approximate surface area is 174 Å². The van der Waals surface area contributed by atoms with Gasteiger partial charge in [-0.2, -0.15) is 5.10 Å². The van der Waals surface area contributed by atoms with E-state index in [1.807, 2.05) is 31.2 Å². The molecule has 9 nitrogen and oxygen atoms in total. The summed E-state index contributed by atoms with van der Waals surface area (Å²) >= 11 is 0. The maximum Gasteiger partial charge on any atom is 0.307 e. The monoisotopic (exact) mass is 411 g/mol. The lowest BCUT2D eigenvalue weighted by molar-refractivity contribution is -0.143. The van der Waals surface area contributed by atoms with E-state index in [-0.39, 0.29) is 18.3 Å². The molecule has 0 saturated carbocycles. The largest absolute Gasteiger partial charge is 0.482 e. The van der Waals surface area contributed by atoms with Crippen molar-refractivity contribution in [1.29, 1.82) is 0 Å². The molecule has 1 amide bonds. The Bertz CT molecular complexity index is 958. The Balaban J connectivity index is 1.80. The minimum atomic E-state index is -0.925. The van der Waals surface area contributed by atoms with Gasteiger partial charge in [0, 0.05) is 29.8 Å². The highest BCUT2D eigenvalue weighted by Crippen LogP contribution is 2.33. The van der Waals surface area contributed by atoms with Crippen LogP contribution in [-0.4, -0.2) is 34.4 Å². The molecule has 3 rings (SSSR count). The summed E-state index contributed by atoms with van der Waals surface area (Å²) < 4.78 is 5.46. The van der Waals surface area contributed by atoms with Gasteiger partial charge in [-0.1, -0.05) is 25.5 Å². The smallest absolute Gasteiger partial charge is 0.307 e. The third-order valence-corrected chi connectivity index (χ3v) is 5.13. The highest BCUT2D eigenvalue weighted by molar-refractivity contribution is 5.96. The van der Waals surface area contributed by atoms with Gasteiger partial charge in [0.1, 0.15) is 11.6 Å². The van der Waals surface area contributed by atoms with Crippen LogP contribution in [0.25, 0.3) is 11.1 Å². The second-order valence-electron chi connectivity index (χ2n) is 7.18. The lowest BCUT2D eigenvalue weighted by atomic mass is 9.84. The van der Waals surface area contributed by atoms with Gasteiger partial charge in [-0.3, -0.25) is 14.6 Å². The van der Waals surface area contributed by atoms with Crippen LogP contribution in [0.5, 0.6) is 5.75 Å². The number of carbonyl (C=O) groups excluding carboxylic acids is 1. The molecule has 0 bridgehead atoms. The summed E-state index contributed by atoms with van der Waals surface area (Å²) in [6, 6.07) is 9.22. The lowest BCUT2D eigenvalue weighted by Crippen LogP contribution is -2.37. The van der Waals surface area contributed by atoms with Crippen molar-refractivity contribution >= 4 is 23.4 Å². The van der Waals surface area contributed by atoms with Gasteiger partial charge in [-0.05, 0) is 30.2 Å². The number of carbonyl (C=O) groups is 2. The highest BCUT2D eigenvalue weighted by atomic mass is 16.5. The number of rotatable bonds is 8. The van der Waals surface area contributed by atoms with E-state index in [2.05, 4.69) is 15.4 Å². The Morgan fingerprint density at radius 2 is 2.07 bits per heavy atom. The van der Waals surface area contributed by atoms with Gasteiger partial charge in [0.25, 0.3) is 5.91 Å². The predicted molar refractivity (Wildman–Crippen MR) is 113 cm³/mol. The Morgan fingerprint density at radius 1 is 1.30 bits per heavy atom. The number of hydrazone groups is 1. The van der Waals surface area contributed by atoms with Gasteiger partial charge in [0.05, 0.1) is 11.6 Å². The number of aliphatic carboxylic acids is 1. The second kappa shape index (κ2) is 9.25. The third kappa shape index (κ3) is 4.68. The molecular formula is C21H25N5O4. The molecule has 2 heterocycles. The number of pyridine rings is 1. The minimum absolute atomic E-state index is 0.0123. The summed E-state index contributed by atoms with van der Waals surface area (Å²) in [5.41, 5.74) is 9.00. The number of carboxylic acids is 1. The summed E-state index contributed by atoms with van der Waals surface area (Å²) in [6.45, 7) is 1.91. The van der Waals surface area contributed by atoms with E-state index in [9.17, 15) is 14.7 Å². The molecule has 0 fully saturated rings. The Kier molecular flexibility index (Phi) is 6.51. The molecule has 0 unspecified atom stereocenters. The van der Waals surface area contributed by atoms with Crippen LogP contribution in [0.1, 0.15) is 25.5 Å². The molecule has 2 atom stereocenters. The van der Waals surface area contributed by atoms with Crippen LogP contribution >= 0.6 is 0 Å². The molecule has 1 aliphatic rings. The van der Waals surface area contributed by atoms with Crippen LogP contribution in [0.2, 0.25) is 0 Å². The van der Waals surface area contributed by atoms with Crippen molar-refractivity contribution in [3.8, 4) is 16.9 Å². The van der Waals surface area contributed by atoms with Crippen LogP contribution in [0, 0.1) is 11.8 Å². The van der Waals surface area contributed by atoms with Gasteiger partial charge in [0.15, 0.2) is 6.61 Å². The van der Waals surface area contributed by atoms with E-state index in [0.717, 1.165) is 11.1 Å². The highest BCUT2D eigenvalue weighted by Gasteiger charge is 2.31. The molecule has 0 spiro atoms. The quantitative estimate of drug-likeness (QED) is 0.224. The molecule has 0 aliphatic carbocycles. The van der Waals surface area contributed by atoms with Crippen molar-refractivity contribution in [2.75, 3.05) is 11.9 Å². The van der Waals surface area contributed by atoms with E-state index in [1.54, 1.807) is 12.3 Å². The van der Waals surface area contributed by atoms with E-state index >= 15 is 0 Å². The van der Waals surface area contributed by atoms with Crippen molar-refractivity contribution in [2.45, 2.75) is 26.2 Å². The van der Waals surface area contributed by atoms with Gasteiger partial charge in [-0.15, -0.1) is 0 Å². The number of fused-ring (bicyclic) bond motifs is 1. The SMILES string of the molecule is CCC[C@H](C(=O)O)[C@@H](Cc1ccc(-c2ccc3c(c2)OCC(=O)N3)cn1)/C(N)=N/N. The first kappa shape index (κ1) is 21.1. The number of ether oxygens (including phenoxy) is 1. The Hall–Kier alpha value is -3.62. The fraction of sp³-hybridized carbons (Fsp3) is 0.333. The molecule has 1 aromatic heterocycles. The zero-order chi connectivity index (χ0) is 21.7. The van der Waals surface area contributed by atoms with Gasteiger partial charge in [-0.25, -0.2) is 0 Å². The van der Waals surface area contributed by atoms with Crippen LogP contribution in [-0.2, 0) is 16.0 Å². The van der Waals surface area contributed by atoms with Crippen LogP contribution < -0.4 is 21.6 Å². The number of benzene rings is 1. The molecule has 2 aromatic rings. The lowest BCUT2D eigenvalue weighted by Gasteiger charge is -2.22. The molecule has 0 radical (unpaired) electrons. The molecule has 158 valence electrons. The number of aromatic nitrogens is 1. The summed E-state index contributed by atoms with van der Waals surface area (Å²) in [5, 5.41) is 15.9. The number of amides is 1. The van der Waals surface area contributed by atoms with Gasteiger partial charge < -0.3 is 26.7 Å². The maximum absolute atomic E-state index is 11.7. The Morgan fingerprint density at radius 3 is 2.70 bits per heavy atom. The molecule has 30 heavy (non-hydrogen) atoms. The number of anilines is 1. The fourth-order valence-electron chi connectivity index (χ4n) is 3.55. The number of nitrogens with one attached hydrogen (secondary N) is 1. The standard InChI is InChI=1S/C21H25N5O4/c1-2-3-15(21(28)29)16(20(22)26-23)9-14-6-4-13(10-24-14)12-5-7-17-18(8-12)30-11-19(27)25-17/h4-8,10,15-16H,2-3,9,11,23H2,1H3,(H2,22,26)(H,25,27)(H,28,29)/t15-,16+/m0/s1. The minimum Gasteiger partial charge on any atom is -0.482 e. The molecule has 9 heteroatoms. The number of amidine groups is 1. The van der Waals surface area contributed by atoms with Gasteiger partial charge >= 0.3 is 5.97 Å². The van der Waals surface area contributed by atoms with Crippen LogP contribution in [0.15, 0.2) is 41.6 Å². The molecular weight excluding hydrogens is 386 g/mol. The zero-order valence-corrected chi connectivity index (χ0v) is 16.7. The first-order chi connectivity index (χ1) is 14.4. The number of carboxylic acid groups (broad SMARTS) is 1. The third-order valence-electron chi connectivity index (χ3n) is 5.13. The van der Waals surface area contributed by atoms with E-state index < -0.39 is 17.8 Å². The predicted octanol–water partition coefficient (Wildman–Crippen LogP) is 1.97. The maximum atomic E-state index is 11.7. The summed E-state index contributed by atoms with van der Waals surface area (Å²) in [7, 11) is 0. The van der Waals surface area contributed by atoms with Crippen LogP contribution in [0.4, 0.5) is 5.69 Å². The van der Waals surface area contributed by atoms with E-state index in [1.165, 1.54) is 0 Å². The molecule has 1 aromatic carbocycles. The summed E-state index contributed by atoms with van der Waals surface area (Å²) in [6.07, 6.45) is 3.21. The number of hydrogen-bond acceptors (Lipinski definition) is 6. The first-order valence-electron chi connectivity index (χ1n) is 9.71. The molecule has 6 N–H and O–H groups in total. The van der Waals surface area contributed by atoms with Crippen molar-refractivity contribution in [3.05, 3.63) is 42.2 Å². The van der Waals surface area contributed by atoms with Crippen molar-refractivity contribution in [3.63, 3.8) is 0 Å². The summed E-state index contributed by atoms with van der Waals surface area (Å²) in [4.78, 5) is 27.6. The number of hydrogen-bond donors (Lipinski definition) is 4. The molecule has 0 saturated heterocycles. The number of nitrogens with zero attached hydrogens (tertiary/aromatic N) is 2. The summed E-state index contributed by atoms with van der Waals surface area (Å²) in [5.74, 6) is 3.72. The first-order valence-corrected chi connectivity index (χ1v) is 9.71. The zero-order valence-electron chi connectivity index (χ0n) is 16.7. The average molecular weight is 411 g/mol. The van der Waals surface area contributed by atoms with Gasteiger partial charge in [0.2, 0.25) is 0 Å². The van der Waals surface area contributed by atoms with Crippen molar-refractivity contribution in [1.82, 2.24) is 4.98 Å². The van der Waals surface area contributed by atoms with E-state index in [4.69, 9.17) is 16.3 Å². The van der Waals surface area contributed by atoms with Crippen molar-refractivity contribution < 1.29 is 19.4 Å².